The van der Waals surface area contributed by atoms with Crippen molar-refractivity contribution in [2.75, 3.05) is 19.6 Å². The maximum absolute atomic E-state index is 11.8. The number of aromatic nitrogens is 2. The van der Waals surface area contributed by atoms with E-state index in [4.69, 9.17) is 0 Å². The van der Waals surface area contributed by atoms with Gasteiger partial charge in [0.05, 0.1) is 6.20 Å². The molecule has 1 atom stereocenters. The highest BCUT2D eigenvalue weighted by molar-refractivity contribution is 7.89. The normalized spacial score (nSPS) is 20.9. The van der Waals surface area contributed by atoms with Crippen LogP contribution < -0.4 is 10.0 Å². The lowest BCUT2D eigenvalue weighted by molar-refractivity contribution is 0.518. The molecule has 0 saturated carbocycles. The fraction of sp³-hybridized carbons (Fsp3) is 0.700. The van der Waals surface area contributed by atoms with Crippen LogP contribution in [0.1, 0.15) is 18.7 Å². The van der Waals surface area contributed by atoms with Gasteiger partial charge in [-0.3, -0.25) is 0 Å². The summed E-state index contributed by atoms with van der Waals surface area (Å²) < 4.78 is 26.2. The number of hydrogen-bond donors (Lipinski definition) is 3. The van der Waals surface area contributed by atoms with Gasteiger partial charge in [-0.25, -0.2) is 18.1 Å². The molecular weight excluding hydrogens is 240 g/mol. The molecule has 1 fully saturated rings. The number of rotatable bonds is 5. The number of H-pyrrole nitrogens is 1. The van der Waals surface area contributed by atoms with Gasteiger partial charge in [-0.1, -0.05) is 0 Å². The third-order valence-electron chi connectivity index (χ3n) is 2.98. The maximum Gasteiger partial charge on any atom is 0.257 e. The molecule has 0 radical (unpaired) electrons. The van der Waals surface area contributed by atoms with Gasteiger partial charge in [-0.15, -0.1) is 0 Å². The van der Waals surface area contributed by atoms with Crippen LogP contribution in [-0.4, -0.2) is 38.0 Å². The molecule has 1 aromatic heterocycles. The molecule has 0 amide bonds. The lowest BCUT2D eigenvalue weighted by atomic mass is 10.1. The van der Waals surface area contributed by atoms with Crippen molar-refractivity contribution in [3.63, 3.8) is 0 Å². The molecule has 96 valence electrons. The quantitative estimate of drug-likeness (QED) is 0.693. The number of sulfonamides is 1. The molecule has 6 nitrogen and oxygen atoms in total. The Balaban J connectivity index is 1.85. The van der Waals surface area contributed by atoms with E-state index in [1.807, 2.05) is 0 Å². The number of imidazole rings is 1. The van der Waals surface area contributed by atoms with Crippen LogP contribution in [0.2, 0.25) is 0 Å². The van der Waals surface area contributed by atoms with Gasteiger partial charge in [0.25, 0.3) is 10.0 Å². The first-order chi connectivity index (χ1) is 8.08. The second-order valence-corrected chi connectivity index (χ2v) is 6.11. The smallest absolute Gasteiger partial charge is 0.257 e. The van der Waals surface area contributed by atoms with Crippen LogP contribution in [0.25, 0.3) is 0 Å². The van der Waals surface area contributed by atoms with Crippen molar-refractivity contribution in [2.45, 2.75) is 24.8 Å². The minimum Gasteiger partial charge on any atom is -0.332 e. The molecule has 0 aliphatic carbocycles. The molecular formula is C10H18N4O2S. The summed E-state index contributed by atoms with van der Waals surface area (Å²) in [6.45, 7) is 4.23. The summed E-state index contributed by atoms with van der Waals surface area (Å²) in [5.41, 5.74) is 0. The summed E-state index contributed by atoms with van der Waals surface area (Å²) in [5, 5.41) is 3.40. The monoisotopic (exact) mass is 258 g/mol. The molecule has 2 heterocycles. The second kappa shape index (κ2) is 5.16. The average Bonchev–Trinajstić information content (AvgIpc) is 2.89. The van der Waals surface area contributed by atoms with E-state index in [0.717, 1.165) is 25.9 Å². The van der Waals surface area contributed by atoms with Crippen LogP contribution >= 0.6 is 0 Å². The Labute approximate surface area is 101 Å². The van der Waals surface area contributed by atoms with E-state index in [-0.39, 0.29) is 5.03 Å². The van der Waals surface area contributed by atoms with Gasteiger partial charge in [-0.05, 0) is 38.8 Å². The Morgan fingerprint density at radius 1 is 1.59 bits per heavy atom. The molecule has 1 aliphatic rings. The molecule has 3 N–H and O–H groups in total. The van der Waals surface area contributed by atoms with Crippen molar-refractivity contribution < 1.29 is 8.42 Å². The van der Waals surface area contributed by atoms with E-state index in [0.29, 0.717) is 18.3 Å². The van der Waals surface area contributed by atoms with Crippen LogP contribution in [-0.2, 0) is 10.0 Å². The summed E-state index contributed by atoms with van der Waals surface area (Å²) in [4.78, 5) is 6.60. The van der Waals surface area contributed by atoms with Crippen molar-refractivity contribution in [3.05, 3.63) is 12.0 Å². The highest BCUT2D eigenvalue weighted by Gasteiger charge is 2.18. The number of aromatic amines is 1. The Kier molecular flexibility index (Phi) is 3.80. The predicted octanol–water partition coefficient (Wildman–Crippen LogP) is -0.00398. The van der Waals surface area contributed by atoms with Gasteiger partial charge in [0.15, 0.2) is 5.03 Å². The standard InChI is InChI=1S/C10H18N4O2S/c1-8-12-7-10(14-8)17(15,16)13-5-3-9-2-4-11-6-9/h7,9,11,13H,2-6H2,1H3,(H,12,14). The third kappa shape index (κ3) is 3.27. The highest BCUT2D eigenvalue weighted by Crippen LogP contribution is 2.12. The maximum atomic E-state index is 11.8. The van der Waals surface area contributed by atoms with Gasteiger partial charge >= 0.3 is 0 Å². The number of nitrogens with one attached hydrogen (secondary N) is 3. The van der Waals surface area contributed by atoms with E-state index in [2.05, 4.69) is 20.0 Å². The van der Waals surface area contributed by atoms with E-state index in [1.165, 1.54) is 6.20 Å². The van der Waals surface area contributed by atoms with Crippen molar-refractivity contribution in [3.8, 4) is 0 Å². The van der Waals surface area contributed by atoms with Crippen LogP contribution in [0.4, 0.5) is 0 Å². The lowest BCUT2D eigenvalue weighted by Gasteiger charge is -2.08. The molecule has 0 spiro atoms. The second-order valence-electron chi connectivity index (χ2n) is 4.38. The summed E-state index contributed by atoms with van der Waals surface area (Å²) in [6.07, 6.45) is 3.35. The summed E-state index contributed by atoms with van der Waals surface area (Å²) in [6, 6.07) is 0. The zero-order valence-corrected chi connectivity index (χ0v) is 10.7. The molecule has 1 aliphatic heterocycles. The number of aryl methyl sites for hydroxylation is 1. The van der Waals surface area contributed by atoms with E-state index >= 15 is 0 Å². The van der Waals surface area contributed by atoms with Crippen molar-refractivity contribution in [1.82, 2.24) is 20.0 Å². The first kappa shape index (κ1) is 12.5. The largest absolute Gasteiger partial charge is 0.332 e. The van der Waals surface area contributed by atoms with Crippen molar-refractivity contribution >= 4 is 10.0 Å². The fourth-order valence-corrected chi connectivity index (χ4v) is 2.99. The van der Waals surface area contributed by atoms with Gasteiger partial charge in [0.2, 0.25) is 0 Å². The Bertz CT molecular complexity index is 462. The van der Waals surface area contributed by atoms with Crippen LogP contribution in [0.3, 0.4) is 0 Å². The average molecular weight is 258 g/mol. The minimum atomic E-state index is -3.42. The van der Waals surface area contributed by atoms with E-state index in [1.54, 1.807) is 6.92 Å². The van der Waals surface area contributed by atoms with Gasteiger partial charge in [0, 0.05) is 6.54 Å². The highest BCUT2D eigenvalue weighted by atomic mass is 32.2. The summed E-state index contributed by atoms with van der Waals surface area (Å²) >= 11 is 0. The topological polar surface area (TPSA) is 86.9 Å². The third-order valence-corrected chi connectivity index (χ3v) is 4.35. The molecule has 1 saturated heterocycles. The molecule has 0 aromatic carbocycles. The first-order valence-corrected chi connectivity index (χ1v) is 7.28. The molecule has 1 unspecified atom stereocenters. The Morgan fingerprint density at radius 3 is 3.00 bits per heavy atom. The number of nitrogens with zero attached hydrogens (tertiary/aromatic N) is 1. The first-order valence-electron chi connectivity index (χ1n) is 5.80. The minimum absolute atomic E-state index is 0.138. The SMILES string of the molecule is Cc1ncc(S(=O)(=O)NCCC2CCNC2)[nH]1. The van der Waals surface area contributed by atoms with Crippen molar-refractivity contribution in [2.24, 2.45) is 5.92 Å². The number of hydrogen-bond acceptors (Lipinski definition) is 4. The molecule has 17 heavy (non-hydrogen) atoms. The van der Waals surface area contributed by atoms with Gasteiger partial charge in [0.1, 0.15) is 5.82 Å². The van der Waals surface area contributed by atoms with E-state index < -0.39 is 10.0 Å². The molecule has 7 heteroatoms. The molecule has 2 rings (SSSR count). The summed E-state index contributed by atoms with van der Waals surface area (Å²) in [5.74, 6) is 1.19. The fourth-order valence-electron chi connectivity index (χ4n) is 1.97. The van der Waals surface area contributed by atoms with Gasteiger partial charge < -0.3 is 10.3 Å². The lowest BCUT2D eigenvalue weighted by Crippen LogP contribution is -2.27. The Morgan fingerprint density at radius 2 is 2.41 bits per heavy atom. The zero-order chi connectivity index (χ0) is 12.3. The Hall–Kier alpha value is -0.920. The van der Waals surface area contributed by atoms with E-state index in [9.17, 15) is 8.42 Å². The van der Waals surface area contributed by atoms with Crippen molar-refractivity contribution in [1.29, 1.82) is 0 Å². The predicted molar refractivity (Wildman–Crippen MR) is 64.1 cm³/mol. The van der Waals surface area contributed by atoms with Gasteiger partial charge in [-0.2, -0.15) is 0 Å². The summed E-state index contributed by atoms with van der Waals surface area (Å²) in [7, 11) is -3.42. The molecule has 1 aromatic rings. The zero-order valence-electron chi connectivity index (χ0n) is 9.86. The van der Waals surface area contributed by atoms with Crippen LogP contribution in [0, 0.1) is 12.8 Å². The van der Waals surface area contributed by atoms with Crippen LogP contribution in [0.5, 0.6) is 0 Å². The van der Waals surface area contributed by atoms with Crippen LogP contribution in [0.15, 0.2) is 11.2 Å². The molecule has 0 bridgehead atoms.